The topological polar surface area (TPSA) is 97.9 Å². The summed E-state index contributed by atoms with van der Waals surface area (Å²) in [4.78, 5) is 10.9. The fourth-order valence-corrected chi connectivity index (χ4v) is 1.66. The van der Waals surface area contributed by atoms with Crippen LogP contribution in [0.5, 0.6) is 0 Å². The van der Waals surface area contributed by atoms with Crippen LogP contribution in [-0.4, -0.2) is 16.3 Å². The number of nitrogens with one attached hydrogen (secondary N) is 1. The normalized spacial score (nSPS) is 10.5. The average molecular weight is 216 g/mol. The highest BCUT2D eigenvalue weighted by atomic mass is 16.1. The van der Waals surface area contributed by atoms with Gasteiger partial charge in [-0.1, -0.05) is 12.1 Å². The Morgan fingerprint density at radius 3 is 2.69 bits per heavy atom. The third-order valence-electron chi connectivity index (χ3n) is 2.41. The van der Waals surface area contributed by atoms with Gasteiger partial charge in [-0.3, -0.25) is 10.2 Å². The molecule has 2 aromatic rings. The summed E-state index contributed by atoms with van der Waals surface area (Å²) in [6, 6.07) is 7.31. The van der Waals surface area contributed by atoms with Crippen LogP contribution < -0.4 is 11.5 Å². The summed E-state index contributed by atoms with van der Waals surface area (Å²) in [5.74, 6) is -0.389. The number of hydrogen-bond acceptors (Lipinski definition) is 2. The molecule has 82 valence electrons. The number of amidine groups is 1. The van der Waals surface area contributed by atoms with Crippen LogP contribution in [0.25, 0.3) is 10.9 Å². The largest absolute Gasteiger partial charge is 0.384 e. The summed E-state index contributed by atoms with van der Waals surface area (Å²) >= 11 is 0. The maximum atomic E-state index is 10.9. The quantitative estimate of drug-likeness (QED) is 0.511. The molecule has 0 unspecified atom stereocenters. The van der Waals surface area contributed by atoms with Crippen molar-refractivity contribution in [3.8, 4) is 0 Å². The molecule has 16 heavy (non-hydrogen) atoms. The lowest BCUT2D eigenvalue weighted by molar-refractivity contribution is -0.118. The van der Waals surface area contributed by atoms with Crippen molar-refractivity contribution in [1.29, 1.82) is 5.41 Å². The Morgan fingerprint density at radius 2 is 2.06 bits per heavy atom. The number of benzene rings is 1. The van der Waals surface area contributed by atoms with Gasteiger partial charge in [0.05, 0.1) is 0 Å². The molecule has 1 amide bonds. The van der Waals surface area contributed by atoms with E-state index in [0.717, 1.165) is 10.9 Å². The number of nitrogen functional groups attached to an aromatic ring is 1. The summed E-state index contributed by atoms with van der Waals surface area (Å²) in [5, 5.41) is 8.34. The molecule has 5 nitrogen and oxygen atoms in total. The maximum Gasteiger partial charge on any atom is 0.237 e. The second-order valence-corrected chi connectivity index (χ2v) is 3.60. The fourth-order valence-electron chi connectivity index (χ4n) is 1.66. The number of nitrogens with zero attached hydrogens (tertiary/aromatic N) is 1. The lowest BCUT2D eigenvalue weighted by Crippen LogP contribution is -2.18. The SMILES string of the molecule is N=C(N)c1ccc2ccn(CC(N)=O)c2c1. The predicted octanol–water partition coefficient (Wildman–Crippen LogP) is 0.411. The molecule has 0 aliphatic rings. The highest BCUT2D eigenvalue weighted by Crippen LogP contribution is 2.17. The number of carbonyl (C=O) groups is 1. The number of carbonyl (C=O) groups excluding carboxylic acids is 1. The summed E-state index contributed by atoms with van der Waals surface area (Å²) in [5.41, 5.74) is 12.0. The van der Waals surface area contributed by atoms with E-state index < -0.39 is 5.91 Å². The van der Waals surface area contributed by atoms with Gasteiger partial charge < -0.3 is 16.0 Å². The average Bonchev–Trinajstić information content (AvgIpc) is 2.60. The number of rotatable bonds is 3. The Labute approximate surface area is 92.2 Å². The van der Waals surface area contributed by atoms with E-state index in [0.29, 0.717) is 5.56 Å². The number of primary amides is 1. The van der Waals surface area contributed by atoms with Gasteiger partial charge in [-0.15, -0.1) is 0 Å². The highest BCUT2D eigenvalue weighted by Gasteiger charge is 2.05. The summed E-state index contributed by atoms with van der Waals surface area (Å²) in [6.45, 7) is 0.130. The molecule has 2 rings (SSSR count). The van der Waals surface area contributed by atoms with E-state index in [1.165, 1.54) is 0 Å². The molecule has 1 aromatic carbocycles. The fraction of sp³-hybridized carbons (Fsp3) is 0.0909. The third kappa shape index (κ3) is 1.75. The molecule has 5 heteroatoms. The van der Waals surface area contributed by atoms with Gasteiger partial charge in [0.25, 0.3) is 0 Å². The van der Waals surface area contributed by atoms with E-state index in [1.54, 1.807) is 22.9 Å². The van der Waals surface area contributed by atoms with Crippen LogP contribution in [0.1, 0.15) is 5.56 Å². The predicted molar refractivity (Wildman–Crippen MR) is 62.1 cm³/mol. The van der Waals surface area contributed by atoms with Gasteiger partial charge >= 0.3 is 0 Å². The molecule has 5 N–H and O–H groups in total. The van der Waals surface area contributed by atoms with Gasteiger partial charge in [0.15, 0.2) is 0 Å². The minimum Gasteiger partial charge on any atom is -0.384 e. The molecule has 0 saturated carbocycles. The molecule has 0 bridgehead atoms. The smallest absolute Gasteiger partial charge is 0.237 e. The van der Waals surface area contributed by atoms with Crippen LogP contribution in [-0.2, 0) is 11.3 Å². The number of hydrogen-bond donors (Lipinski definition) is 3. The van der Waals surface area contributed by atoms with Crippen molar-refractivity contribution in [3.05, 3.63) is 36.0 Å². The minimum atomic E-state index is -0.397. The zero-order chi connectivity index (χ0) is 11.7. The zero-order valence-electron chi connectivity index (χ0n) is 8.60. The first-order valence-electron chi connectivity index (χ1n) is 4.79. The van der Waals surface area contributed by atoms with Crippen molar-refractivity contribution in [2.45, 2.75) is 6.54 Å². The molecule has 0 spiro atoms. The molecular formula is C11H12N4O. The Balaban J connectivity index is 2.55. The van der Waals surface area contributed by atoms with Crippen LogP contribution in [0.3, 0.4) is 0 Å². The van der Waals surface area contributed by atoms with Gasteiger partial charge in [0, 0.05) is 17.3 Å². The Hall–Kier alpha value is -2.30. The van der Waals surface area contributed by atoms with E-state index in [9.17, 15) is 4.79 Å². The molecule has 0 aliphatic heterocycles. The lowest BCUT2D eigenvalue weighted by Gasteiger charge is -2.03. The molecule has 0 radical (unpaired) electrons. The van der Waals surface area contributed by atoms with Gasteiger partial charge in [-0.25, -0.2) is 0 Å². The Kier molecular flexibility index (Phi) is 2.36. The van der Waals surface area contributed by atoms with Crippen molar-refractivity contribution in [1.82, 2.24) is 4.57 Å². The maximum absolute atomic E-state index is 10.9. The van der Waals surface area contributed by atoms with Crippen LogP contribution in [0.2, 0.25) is 0 Å². The molecule has 1 aromatic heterocycles. The van der Waals surface area contributed by atoms with Gasteiger partial charge in [0.1, 0.15) is 12.4 Å². The Bertz CT molecular complexity index is 570. The van der Waals surface area contributed by atoms with Crippen LogP contribution in [0, 0.1) is 5.41 Å². The van der Waals surface area contributed by atoms with Gasteiger partial charge in [-0.2, -0.15) is 0 Å². The van der Waals surface area contributed by atoms with Crippen molar-refractivity contribution < 1.29 is 4.79 Å². The number of nitrogens with two attached hydrogens (primary N) is 2. The molecule has 0 atom stereocenters. The van der Waals surface area contributed by atoms with E-state index in [2.05, 4.69) is 0 Å². The molecule has 0 aliphatic carbocycles. The van der Waals surface area contributed by atoms with Crippen LogP contribution in [0.4, 0.5) is 0 Å². The molecule has 1 heterocycles. The van der Waals surface area contributed by atoms with Crippen molar-refractivity contribution >= 4 is 22.6 Å². The summed E-state index contributed by atoms with van der Waals surface area (Å²) in [7, 11) is 0. The number of aromatic nitrogens is 1. The molecular weight excluding hydrogens is 204 g/mol. The zero-order valence-corrected chi connectivity index (χ0v) is 8.60. The van der Waals surface area contributed by atoms with Crippen LogP contribution in [0.15, 0.2) is 30.5 Å². The van der Waals surface area contributed by atoms with E-state index in [-0.39, 0.29) is 12.4 Å². The number of amides is 1. The molecule has 0 fully saturated rings. The third-order valence-corrected chi connectivity index (χ3v) is 2.41. The second-order valence-electron chi connectivity index (χ2n) is 3.60. The van der Waals surface area contributed by atoms with Gasteiger partial charge in [0.2, 0.25) is 5.91 Å². The molecule has 0 saturated heterocycles. The van der Waals surface area contributed by atoms with Crippen LogP contribution >= 0.6 is 0 Å². The minimum absolute atomic E-state index is 0.00808. The Morgan fingerprint density at radius 1 is 1.31 bits per heavy atom. The van der Waals surface area contributed by atoms with Gasteiger partial charge in [-0.05, 0) is 17.5 Å². The van der Waals surface area contributed by atoms with Crippen molar-refractivity contribution in [3.63, 3.8) is 0 Å². The monoisotopic (exact) mass is 216 g/mol. The van der Waals surface area contributed by atoms with E-state index >= 15 is 0 Å². The van der Waals surface area contributed by atoms with Crippen molar-refractivity contribution in [2.75, 3.05) is 0 Å². The van der Waals surface area contributed by atoms with E-state index in [4.69, 9.17) is 16.9 Å². The first kappa shape index (κ1) is 10.2. The summed E-state index contributed by atoms with van der Waals surface area (Å²) in [6.07, 6.45) is 1.79. The standard InChI is InChI=1S/C11H12N4O/c12-10(16)6-15-4-3-7-1-2-8(11(13)14)5-9(7)15/h1-5H,6H2,(H2,12,16)(H3,13,14). The van der Waals surface area contributed by atoms with E-state index in [1.807, 2.05) is 12.1 Å². The second kappa shape index (κ2) is 3.69. The first-order chi connectivity index (χ1) is 7.58. The first-order valence-corrected chi connectivity index (χ1v) is 4.79. The number of fused-ring (bicyclic) bond motifs is 1. The summed E-state index contributed by atoms with van der Waals surface area (Å²) < 4.78 is 1.74. The highest BCUT2D eigenvalue weighted by molar-refractivity contribution is 5.98. The lowest BCUT2D eigenvalue weighted by atomic mass is 10.1. The van der Waals surface area contributed by atoms with Crippen molar-refractivity contribution in [2.24, 2.45) is 11.5 Å².